The number of aromatic amines is 1. The maximum atomic E-state index is 11.7. The van der Waals surface area contributed by atoms with Gasteiger partial charge in [-0.2, -0.15) is 0 Å². The normalized spacial score (nSPS) is 20.5. The van der Waals surface area contributed by atoms with Crippen molar-refractivity contribution in [2.45, 2.75) is 31.7 Å². The third-order valence-corrected chi connectivity index (χ3v) is 4.92. The summed E-state index contributed by atoms with van der Waals surface area (Å²) in [6, 6.07) is 0.595. The van der Waals surface area contributed by atoms with Crippen molar-refractivity contribution in [3.05, 3.63) is 20.3 Å². The van der Waals surface area contributed by atoms with Crippen molar-refractivity contribution in [1.29, 1.82) is 0 Å². The minimum atomic E-state index is -0.0263. The third kappa shape index (κ3) is 3.10. The summed E-state index contributed by atoms with van der Waals surface area (Å²) in [5.41, 5.74) is -0.0263. The summed E-state index contributed by atoms with van der Waals surface area (Å²) in [7, 11) is 0. The van der Waals surface area contributed by atoms with E-state index in [1.807, 2.05) is 0 Å². The molecule has 0 bridgehead atoms. The molecule has 2 N–H and O–H groups in total. The molecule has 2 aliphatic rings. The number of rotatable bonds is 4. The number of hydrogen-bond acceptors (Lipinski definition) is 4. The number of hydrogen-bond donors (Lipinski definition) is 2. The van der Waals surface area contributed by atoms with Gasteiger partial charge in [0.2, 0.25) is 0 Å². The first-order valence-corrected chi connectivity index (χ1v) is 8.04. The number of halogens is 1. The zero-order chi connectivity index (χ0) is 13.2. The van der Waals surface area contributed by atoms with Gasteiger partial charge in [0.05, 0.1) is 6.33 Å². The van der Waals surface area contributed by atoms with Gasteiger partial charge in [0.15, 0.2) is 0 Å². The molecule has 6 heteroatoms. The molecule has 2 heterocycles. The molecule has 0 aromatic carbocycles. The molecule has 1 aromatic rings. The molecule has 1 saturated heterocycles. The van der Waals surface area contributed by atoms with E-state index in [9.17, 15) is 4.79 Å². The Hall–Kier alpha value is -0.630. The second kappa shape index (κ2) is 5.78. The van der Waals surface area contributed by atoms with Gasteiger partial charge < -0.3 is 15.2 Å². The first-order valence-electron chi connectivity index (χ1n) is 6.96. The monoisotopic (exact) mass is 374 g/mol. The molecular formula is C13H19IN4O. The number of nitrogens with one attached hydrogen (secondary N) is 2. The van der Waals surface area contributed by atoms with Crippen LogP contribution in [0, 0.1) is 9.49 Å². The maximum Gasteiger partial charge on any atom is 0.266 e. The van der Waals surface area contributed by atoms with E-state index in [1.165, 1.54) is 32.0 Å². The number of H-pyrrole nitrogens is 1. The Morgan fingerprint density at radius 1 is 1.32 bits per heavy atom. The molecular weight excluding hydrogens is 355 g/mol. The summed E-state index contributed by atoms with van der Waals surface area (Å²) in [6.45, 7) is 3.27. The predicted molar refractivity (Wildman–Crippen MR) is 83.5 cm³/mol. The molecule has 0 atom stereocenters. The van der Waals surface area contributed by atoms with Crippen LogP contribution in [0.15, 0.2) is 11.1 Å². The summed E-state index contributed by atoms with van der Waals surface area (Å²) < 4.78 is 0.723. The van der Waals surface area contributed by atoms with E-state index in [-0.39, 0.29) is 5.56 Å². The molecule has 3 rings (SSSR count). The summed E-state index contributed by atoms with van der Waals surface area (Å²) in [6.07, 6.45) is 6.44. The molecule has 1 aliphatic heterocycles. The molecule has 1 aliphatic carbocycles. The topological polar surface area (TPSA) is 61.0 Å². The molecule has 0 amide bonds. The molecule has 0 spiro atoms. The van der Waals surface area contributed by atoms with E-state index < -0.39 is 0 Å². The van der Waals surface area contributed by atoms with E-state index in [1.54, 1.807) is 0 Å². The van der Waals surface area contributed by atoms with Crippen molar-refractivity contribution in [1.82, 2.24) is 15.3 Å². The second-order valence-electron chi connectivity index (χ2n) is 5.45. The van der Waals surface area contributed by atoms with Crippen LogP contribution in [0.1, 0.15) is 25.7 Å². The van der Waals surface area contributed by atoms with Crippen molar-refractivity contribution in [2.24, 2.45) is 5.92 Å². The Morgan fingerprint density at radius 2 is 2.05 bits per heavy atom. The first kappa shape index (κ1) is 13.4. The fourth-order valence-corrected chi connectivity index (χ4v) is 3.32. The number of anilines is 1. The minimum Gasteiger partial charge on any atom is -0.352 e. The van der Waals surface area contributed by atoms with Crippen LogP contribution < -0.4 is 15.8 Å². The van der Waals surface area contributed by atoms with Crippen LogP contribution in [-0.2, 0) is 0 Å². The second-order valence-corrected chi connectivity index (χ2v) is 6.52. The number of piperidine rings is 1. The molecule has 0 unspecified atom stereocenters. The molecule has 1 saturated carbocycles. The SMILES string of the molecule is O=c1[nH]cnc(N(CC2CCNCC2)C2CC2)c1I. The van der Waals surface area contributed by atoms with Crippen LogP contribution in [-0.4, -0.2) is 35.6 Å². The van der Waals surface area contributed by atoms with Crippen LogP contribution in [0.5, 0.6) is 0 Å². The Labute approximate surface area is 126 Å². The number of aromatic nitrogens is 2. The Bertz CT molecular complexity index is 494. The van der Waals surface area contributed by atoms with Gasteiger partial charge in [0, 0.05) is 12.6 Å². The van der Waals surface area contributed by atoms with Crippen molar-refractivity contribution < 1.29 is 0 Å². The maximum absolute atomic E-state index is 11.7. The van der Waals surface area contributed by atoms with Gasteiger partial charge in [-0.3, -0.25) is 4.79 Å². The largest absolute Gasteiger partial charge is 0.352 e. The Balaban J connectivity index is 1.80. The van der Waals surface area contributed by atoms with E-state index in [4.69, 9.17) is 0 Å². The Morgan fingerprint density at radius 3 is 2.74 bits per heavy atom. The van der Waals surface area contributed by atoms with Gasteiger partial charge in [0.1, 0.15) is 9.39 Å². The van der Waals surface area contributed by atoms with Crippen LogP contribution in [0.2, 0.25) is 0 Å². The minimum absolute atomic E-state index is 0.0263. The van der Waals surface area contributed by atoms with Crippen LogP contribution in [0.3, 0.4) is 0 Å². The standard InChI is InChI=1S/C13H19IN4O/c14-11-12(16-8-17-13(11)19)18(10-1-2-10)7-9-3-5-15-6-4-9/h8-10,15H,1-7H2,(H,16,17,19). The van der Waals surface area contributed by atoms with Gasteiger partial charge >= 0.3 is 0 Å². The quantitative estimate of drug-likeness (QED) is 0.782. The lowest BCUT2D eigenvalue weighted by atomic mass is 9.97. The van der Waals surface area contributed by atoms with Gasteiger partial charge in [0.25, 0.3) is 5.56 Å². The van der Waals surface area contributed by atoms with Crippen molar-refractivity contribution in [3.63, 3.8) is 0 Å². The Kier molecular flexibility index (Phi) is 4.07. The highest BCUT2D eigenvalue weighted by Crippen LogP contribution is 2.33. The van der Waals surface area contributed by atoms with Gasteiger partial charge in [-0.05, 0) is 67.3 Å². The van der Waals surface area contributed by atoms with Crippen LogP contribution >= 0.6 is 22.6 Å². The molecule has 2 fully saturated rings. The zero-order valence-corrected chi connectivity index (χ0v) is 13.0. The van der Waals surface area contributed by atoms with Crippen LogP contribution in [0.4, 0.5) is 5.82 Å². The summed E-state index contributed by atoms with van der Waals surface area (Å²) >= 11 is 2.12. The van der Waals surface area contributed by atoms with Gasteiger partial charge in [-0.15, -0.1) is 0 Å². The zero-order valence-electron chi connectivity index (χ0n) is 10.9. The fourth-order valence-electron chi connectivity index (χ4n) is 2.71. The lowest BCUT2D eigenvalue weighted by molar-refractivity contribution is 0.372. The first-order chi connectivity index (χ1) is 9.25. The van der Waals surface area contributed by atoms with Crippen molar-refractivity contribution in [2.75, 3.05) is 24.5 Å². The smallest absolute Gasteiger partial charge is 0.266 e. The summed E-state index contributed by atoms with van der Waals surface area (Å²) in [4.78, 5) is 21.2. The van der Waals surface area contributed by atoms with E-state index in [0.29, 0.717) is 6.04 Å². The van der Waals surface area contributed by atoms with Gasteiger partial charge in [-0.1, -0.05) is 0 Å². The predicted octanol–water partition coefficient (Wildman–Crippen LogP) is 1.34. The fraction of sp³-hybridized carbons (Fsp3) is 0.692. The molecule has 0 radical (unpaired) electrons. The van der Waals surface area contributed by atoms with E-state index in [0.717, 1.165) is 34.9 Å². The van der Waals surface area contributed by atoms with Crippen molar-refractivity contribution in [3.8, 4) is 0 Å². The molecule has 1 aromatic heterocycles. The van der Waals surface area contributed by atoms with E-state index in [2.05, 4.69) is 42.8 Å². The molecule has 19 heavy (non-hydrogen) atoms. The van der Waals surface area contributed by atoms with E-state index >= 15 is 0 Å². The lowest BCUT2D eigenvalue weighted by Crippen LogP contribution is -2.38. The lowest BCUT2D eigenvalue weighted by Gasteiger charge is -2.31. The number of nitrogens with zero attached hydrogens (tertiary/aromatic N) is 2. The van der Waals surface area contributed by atoms with Crippen molar-refractivity contribution >= 4 is 28.4 Å². The highest BCUT2D eigenvalue weighted by atomic mass is 127. The summed E-state index contributed by atoms with van der Waals surface area (Å²) in [5.74, 6) is 1.60. The highest BCUT2D eigenvalue weighted by molar-refractivity contribution is 14.1. The molecule has 5 nitrogen and oxygen atoms in total. The average molecular weight is 374 g/mol. The average Bonchev–Trinajstić information content (AvgIpc) is 3.25. The van der Waals surface area contributed by atoms with Crippen LogP contribution in [0.25, 0.3) is 0 Å². The summed E-state index contributed by atoms with van der Waals surface area (Å²) in [5, 5.41) is 3.40. The molecule has 104 valence electrons. The van der Waals surface area contributed by atoms with Gasteiger partial charge in [-0.25, -0.2) is 4.98 Å². The third-order valence-electron chi connectivity index (χ3n) is 3.95. The highest BCUT2D eigenvalue weighted by Gasteiger charge is 2.33.